The second-order valence-electron chi connectivity index (χ2n) is 7.26. The van der Waals surface area contributed by atoms with Crippen LogP contribution in [0.1, 0.15) is 16.7 Å². The molecule has 0 aromatic heterocycles. The number of hydrogen-bond acceptors (Lipinski definition) is 3. The Balaban J connectivity index is 1.68. The van der Waals surface area contributed by atoms with E-state index in [9.17, 15) is 26.4 Å². The highest BCUT2D eigenvalue weighted by Crippen LogP contribution is 2.30. The molecule has 0 atom stereocenters. The zero-order valence-electron chi connectivity index (χ0n) is 17.3. The van der Waals surface area contributed by atoms with Crippen molar-refractivity contribution in [3.63, 3.8) is 0 Å². The summed E-state index contributed by atoms with van der Waals surface area (Å²) in [5.74, 6) is -0.488. The number of benzene rings is 3. The van der Waals surface area contributed by atoms with E-state index in [1.54, 1.807) is 36.4 Å². The Morgan fingerprint density at radius 3 is 2.19 bits per heavy atom. The molecule has 3 aromatic carbocycles. The summed E-state index contributed by atoms with van der Waals surface area (Å²) in [6.07, 6.45) is -4.58. The first kappa shape index (κ1) is 23.3. The molecule has 0 bridgehead atoms. The molecule has 1 N–H and O–H groups in total. The average Bonchev–Trinajstić information content (AvgIpc) is 2.73. The fraction of sp³-hybridized carbons (Fsp3) is 0.174. The molecule has 32 heavy (non-hydrogen) atoms. The van der Waals surface area contributed by atoms with E-state index in [4.69, 9.17) is 0 Å². The molecular weight excluding hydrogens is 441 g/mol. The summed E-state index contributed by atoms with van der Waals surface area (Å²) >= 11 is 0. The van der Waals surface area contributed by atoms with Crippen molar-refractivity contribution in [2.75, 3.05) is 16.7 Å². The van der Waals surface area contributed by atoms with Gasteiger partial charge < -0.3 is 5.32 Å². The molecule has 5 nitrogen and oxygen atoms in total. The van der Waals surface area contributed by atoms with Gasteiger partial charge in [0.1, 0.15) is 0 Å². The smallest absolute Gasteiger partial charge is 0.326 e. The second-order valence-corrected chi connectivity index (χ2v) is 9.22. The van der Waals surface area contributed by atoms with Crippen LogP contribution in [0.4, 0.5) is 24.5 Å². The van der Waals surface area contributed by atoms with Crippen molar-refractivity contribution in [2.45, 2.75) is 24.4 Å². The predicted molar refractivity (Wildman–Crippen MR) is 117 cm³/mol. The second kappa shape index (κ2) is 9.04. The van der Waals surface area contributed by atoms with E-state index in [-0.39, 0.29) is 17.0 Å². The van der Waals surface area contributed by atoms with Crippen molar-refractivity contribution in [1.82, 2.24) is 0 Å². The number of alkyl halides is 3. The van der Waals surface area contributed by atoms with E-state index in [1.165, 1.54) is 31.3 Å². The highest BCUT2D eigenvalue weighted by molar-refractivity contribution is 7.92. The maximum absolute atomic E-state index is 12.8. The number of carbonyl (C=O) groups is 1. The molecule has 0 saturated carbocycles. The van der Waals surface area contributed by atoms with Crippen LogP contribution in [0.2, 0.25) is 0 Å². The molecule has 3 rings (SSSR count). The summed E-state index contributed by atoms with van der Waals surface area (Å²) in [7, 11) is -2.30. The van der Waals surface area contributed by atoms with Crippen molar-refractivity contribution in [1.29, 1.82) is 0 Å². The standard InChI is InChI=1S/C23H21F3N2O3S/c1-16-6-12-21(13-7-16)32(30,31)28(2)20-10-8-17(9-11-20)14-22(29)27-19-5-3-4-18(15-19)23(24,25)26/h3-13,15H,14H2,1-2H3,(H,27,29). The number of sulfonamides is 1. The van der Waals surface area contributed by atoms with E-state index in [0.29, 0.717) is 11.3 Å². The van der Waals surface area contributed by atoms with Crippen LogP contribution < -0.4 is 9.62 Å². The quantitative estimate of drug-likeness (QED) is 0.559. The number of rotatable bonds is 6. The highest BCUT2D eigenvalue weighted by Gasteiger charge is 2.30. The van der Waals surface area contributed by atoms with Crippen LogP contribution in [0, 0.1) is 6.92 Å². The topological polar surface area (TPSA) is 66.5 Å². The largest absolute Gasteiger partial charge is 0.416 e. The zero-order valence-corrected chi connectivity index (χ0v) is 18.2. The van der Waals surface area contributed by atoms with Crippen molar-refractivity contribution in [3.05, 3.63) is 89.5 Å². The summed E-state index contributed by atoms with van der Waals surface area (Å²) in [6, 6.07) is 17.2. The molecule has 0 heterocycles. The summed E-state index contributed by atoms with van der Waals surface area (Å²) in [5, 5.41) is 2.45. The first-order chi connectivity index (χ1) is 15.0. The van der Waals surface area contributed by atoms with Crippen LogP contribution in [0.3, 0.4) is 0 Å². The average molecular weight is 462 g/mol. The van der Waals surface area contributed by atoms with Gasteiger partial charge in [-0.1, -0.05) is 35.9 Å². The molecule has 168 valence electrons. The molecule has 0 aliphatic carbocycles. The fourth-order valence-corrected chi connectivity index (χ4v) is 4.19. The Bertz CT molecular complexity index is 1210. The third kappa shape index (κ3) is 5.47. The van der Waals surface area contributed by atoms with Crippen LogP contribution in [0.15, 0.2) is 77.7 Å². The number of anilines is 2. The van der Waals surface area contributed by atoms with Gasteiger partial charge in [-0.15, -0.1) is 0 Å². The Morgan fingerprint density at radius 2 is 1.59 bits per heavy atom. The lowest BCUT2D eigenvalue weighted by Crippen LogP contribution is -2.26. The van der Waals surface area contributed by atoms with Gasteiger partial charge in [-0.3, -0.25) is 9.10 Å². The van der Waals surface area contributed by atoms with E-state index in [1.807, 2.05) is 6.92 Å². The third-order valence-corrected chi connectivity index (χ3v) is 6.62. The lowest BCUT2D eigenvalue weighted by Gasteiger charge is -2.20. The number of nitrogens with one attached hydrogen (secondary N) is 1. The maximum atomic E-state index is 12.8. The number of nitrogens with zero attached hydrogens (tertiary/aromatic N) is 1. The van der Waals surface area contributed by atoms with E-state index >= 15 is 0 Å². The number of aryl methyl sites for hydroxylation is 1. The van der Waals surface area contributed by atoms with Crippen LogP contribution >= 0.6 is 0 Å². The van der Waals surface area contributed by atoms with Crippen LogP contribution in [0.25, 0.3) is 0 Å². The Hall–Kier alpha value is -3.33. The maximum Gasteiger partial charge on any atom is 0.416 e. The molecule has 0 saturated heterocycles. The SMILES string of the molecule is Cc1ccc(S(=O)(=O)N(C)c2ccc(CC(=O)Nc3cccc(C(F)(F)F)c3)cc2)cc1. The van der Waals surface area contributed by atoms with Gasteiger partial charge in [-0.2, -0.15) is 13.2 Å². The Morgan fingerprint density at radius 1 is 0.969 bits per heavy atom. The first-order valence-electron chi connectivity index (χ1n) is 9.58. The molecule has 0 spiro atoms. The van der Waals surface area contributed by atoms with Gasteiger partial charge in [0.25, 0.3) is 10.0 Å². The van der Waals surface area contributed by atoms with Crippen molar-refractivity contribution in [3.8, 4) is 0 Å². The van der Waals surface area contributed by atoms with E-state index < -0.39 is 27.7 Å². The predicted octanol–water partition coefficient (Wildman–Crippen LogP) is 5.02. The number of hydrogen-bond donors (Lipinski definition) is 1. The van der Waals surface area contributed by atoms with Crippen molar-refractivity contribution >= 4 is 27.3 Å². The van der Waals surface area contributed by atoms with Crippen LogP contribution in [-0.4, -0.2) is 21.4 Å². The van der Waals surface area contributed by atoms with Gasteiger partial charge >= 0.3 is 6.18 Å². The number of halogens is 3. The molecule has 0 aliphatic heterocycles. The number of carbonyl (C=O) groups excluding carboxylic acids is 1. The molecule has 0 radical (unpaired) electrons. The molecule has 3 aromatic rings. The van der Waals surface area contributed by atoms with Crippen LogP contribution in [0.5, 0.6) is 0 Å². The van der Waals surface area contributed by atoms with Gasteiger partial charge in [-0.05, 0) is 55.0 Å². The lowest BCUT2D eigenvalue weighted by molar-refractivity contribution is -0.137. The number of amides is 1. The summed E-state index contributed by atoms with van der Waals surface area (Å²) in [5.41, 5.74) is 1.13. The normalized spacial score (nSPS) is 11.8. The van der Waals surface area contributed by atoms with Gasteiger partial charge in [0, 0.05) is 12.7 Å². The van der Waals surface area contributed by atoms with Crippen molar-refractivity contribution < 1.29 is 26.4 Å². The first-order valence-corrected chi connectivity index (χ1v) is 11.0. The molecule has 1 amide bonds. The van der Waals surface area contributed by atoms with Gasteiger partial charge in [0.2, 0.25) is 5.91 Å². The monoisotopic (exact) mass is 462 g/mol. The Labute approximate surface area is 184 Å². The fourth-order valence-electron chi connectivity index (χ4n) is 2.99. The van der Waals surface area contributed by atoms with Gasteiger partial charge in [0.15, 0.2) is 0 Å². The van der Waals surface area contributed by atoms with Crippen LogP contribution in [-0.2, 0) is 27.4 Å². The van der Waals surface area contributed by atoms with E-state index in [0.717, 1.165) is 22.0 Å². The molecular formula is C23H21F3N2O3S. The Kier molecular flexibility index (Phi) is 6.59. The zero-order chi connectivity index (χ0) is 23.5. The van der Waals surface area contributed by atoms with Gasteiger partial charge in [0.05, 0.1) is 22.6 Å². The molecule has 0 unspecified atom stereocenters. The molecule has 0 fully saturated rings. The lowest BCUT2D eigenvalue weighted by atomic mass is 10.1. The minimum absolute atomic E-state index is 0.0466. The summed E-state index contributed by atoms with van der Waals surface area (Å²) < 4.78 is 65.1. The third-order valence-electron chi connectivity index (χ3n) is 4.82. The minimum Gasteiger partial charge on any atom is -0.326 e. The summed E-state index contributed by atoms with van der Waals surface area (Å²) in [4.78, 5) is 12.4. The van der Waals surface area contributed by atoms with E-state index in [2.05, 4.69) is 5.32 Å². The minimum atomic E-state index is -4.50. The molecule has 0 aliphatic rings. The van der Waals surface area contributed by atoms with Gasteiger partial charge in [-0.25, -0.2) is 8.42 Å². The summed E-state index contributed by atoms with van der Waals surface area (Å²) in [6.45, 7) is 1.86. The molecule has 9 heteroatoms. The van der Waals surface area contributed by atoms with Crippen molar-refractivity contribution in [2.24, 2.45) is 0 Å². The highest BCUT2D eigenvalue weighted by atomic mass is 32.2.